The molecule has 0 aliphatic heterocycles. The summed E-state index contributed by atoms with van der Waals surface area (Å²) in [6.45, 7) is 1.81. The van der Waals surface area contributed by atoms with Gasteiger partial charge in [-0.25, -0.2) is 0 Å². The Morgan fingerprint density at radius 1 is 1.11 bits per heavy atom. The van der Waals surface area contributed by atoms with E-state index in [1.807, 2.05) is 31.2 Å². The summed E-state index contributed by atoms with van der Waals surface area (Å²) in [5.41, 5.74) is 3.08. The van der Waals surface area contributed by atoms with Crippen LogP contribution in [0.4, 0.5) is 5.69 Å². The molecule has 0 spiro atoms. The van der Waals surface area contributed by atoms with E-state index in [1.165, 1.54) is 0 Å². The maximum atomic E-state index is 13.4. The highest BCUT2D eigenvalue weighted by Gasteiger charge is 2.20. The van der Waals surface area contributed by atoms with E-state index in [-0.39, 0.29) is 23.1 Å². The smallest absolute Gasteiger partial charge is 0.238 e. The highest BCUT2D eigenvalue weighted by atomic mass is 35.5. The van der Waals surface area contributed by atoms with Crippen LogP contribution >= 0.6 is 23.8 Å². The molecule has 4 nitrogen and oxygen atoms in total. The SMILES string of the molecule is Cc1ccccc1NC(=S)C(=C([O-])c1ccccc1Cl)[n+]1cccc(CO)c1. The number of thiocarbonyl (C=S) groups is 1. The second kappa shape index (κ2) is 8.97. The molecule has 2 N–H and O–H groups in total. The number of hydrogen-bond donors (Lipinski definition) is 2. The van der Waals surface area contributed by atoms with Crippen molar-refractivity contribution in [1.82, 2.24) is 0 Å². The summed E-state index contributed by atoms with van der Waals surface area (Å²) in [6, 6.07) is 18.1. The van der Waals surface area contributed by atoms with E-state index in [4.69, 9.17) is 23.8 Å². The molecule has 2 aromatic carbocycles. The number of pyridine rings is 1. The van der Waals surface area contributed by atoms with E-state index in [0.29, 0.717) is 16.1 Å². The lowest BCUT2D eigenvalue weighted by atomic mass is 10.1. The van der Waals surface area contributed by atoms with Crippen LogP contribution in [0.25, 0.3) is 11.5 Å². The zero-order chi connectivity index (χ0) is 20.1. The predicted octanol–water partition coefficient (Wildman–Crippen LogP) is 3.55. The molecule has 3 rings (SSSR count). The summed E-state index contributed by atoms with van der Waals surface area (Å²) >= 11 is 11.9. The van der Waals surface area contributed by atoms with Crippen molar-refractivity contribution < 1.29 is 14.8 Å². The van der Waals surface area contributed by atoms with Crippen LogP contribution in [0.5, 0.6) is 0 Å². The first-order chi connectivity index (χ1) is 13.5. The minimum Gasteiger partial charge on any atom is -0.867 e. The number of hydrogen-bond acceptors (Lipinski definition) is 3. The number of rotatable bonds is 5. The highest BCUT2D eigenvalue weighted by molar-refractivity contribution is 7.81. The van der Waals surface area contributed by atoms with Crippen molar-refractivity contribution >= 4 is 46.0 Å². The lowest BCUT2D eigenvalue weighted by molar-refractivity contribution is -0.578. The number of aryl methyl sites for hydroxylation is 1. The summed E-state index contributed by atoms with van der Waals surface area (Å²) < 4.78 is 1.62. The second-order valence-electron chi connectivity index (χ2n) is 6.20. The average molecular weight is 411 g/mol. The molecule has 0 bridgehead atoms. The quantitative estimate of drug-likeness (QED) is 0.292. The number of halogens is 1. The van der Waals surface area contributed by atoms with Gasteiger partial charge < -0.3 is 15.5 Å². The number of aromatic nitrogens is 1. The van der Waals surface area contributed by atoms with Crippen molar-refractivity contribution in [3.8, 4) is 0 Å². The van der Waals surface area contributed by atoms with Crippen LogP contribution in [0.1, 0.15) is 16.7 Å². The third kappa shape index (κ3) is 4.39. The first kappa shape index (κ1) is 20.0. The minimum atomic E-state index is -0.309. The number of aliphatic hydroxyl groups is 1. The van der Waals surface area contributed by atoms with Crippen LogP contribution in [-0.4, -0.2) is 10.1 Å². The standard InChI is InChI=1S/C22H19ClN2O2S/c1-15-7-2-5-11-19(15)24-22(28)20(25-12-6-8-16(13-25)14-26)21(27)17-9-3-4-10-18(17)23/h2-13,26H,14H2,1H3,(H-,24,27,28). The molecule has 1 aromatic heterocycles. The first-order valence-electron chi connectivity index (χ1n) is 8.66. The molecule has 0 atom stereocenters. The Morgan fingerprint density at radius 3 is 2.54 bits per heavy atom. The van der Waals surface area contributed by atoms with E-state index in [0.717, 1.165) is 11.3 Å². The topological polar surface area (TPSA) is 59.2 Å². The van der Waals surface area contributed by atoms with Gasteiger partial charge in [0.2, 0.25) is 5.70 Å². The lowest BCUT2D eigenvalue weighted by Gasteiger charge is -2.18. The number of nitrogens with one attached hydrogen (secondary N) is 1. The molecule has 0 saturated carbocycles. The van der Waals surface area contributed by atoms with E-state index in [9.17, 15) is 10.2 Å². The monoisotopic (exact) mass is 410 g/mol. The van der Waals surface area contributed by atoms with E-state index in [1.54, 1.807) is 53.4 Å². The summed E-state index contributed by atoms with van der Waals surface area (Å²) in [6.07, 6.45) is 3.39. The molecule has 0 unspecified atom stereocenters. The second-order valence-corrected chi connectivity index (χ2v) is 7.02. The largest absolute Gasteiger partial charge is 0.867 e. The van der Waals surface area contributed by atoms with Gasteiger partial charge in [-0.15, -0.1) is 0 Å². The third-order valence-corrected chi connectivity index (χ3v) is 4.87. The Balaban J connectivity index is 2.14. The summed E-state index contributed by atoms with van der Waals surface area (Å²) in [5, 5.41) is 26.3. The molecular formula is C22H19ClN2O2S. The number of nitrogens with zero attached hydrogens (tertiary/aromatic N) is 1. The number of anilines is 1. The van der Waals surface area contributed by atoms with Crippen LogP contribution in [0.2, 0.25) is 5.02 Å². The van der Waals surface area contributed by atoms with Gasteiger partial charge in [0, 0.05) is 22.3 Å². The van der Waals surface area contributed by atoms with Crippen LogP contribution in [-0.2, 0) is 6.61 Å². The molecule has 0 amide bonds. The van der Waals surface area contributed by atoms with Crippen LogP contribution < -0.4 is 15.0 Å². The molecule has 0 aliphatic carbocycles. The fourth-order valence-electron chi connectivity index (χ4n) is 2.76. The van der Waals surface area contributed by atoms with Crippen molar-refractivity contribution in [1.29, 1.82) is 0 Å². The van der Waals surface area contributed by atoms with Crippen LogP contribution in [0.15, 0.2) is 73.1 Å². The normalized spacial score (nSPS) is 11.7. The van der Waals surface area contributed by atoms with E-state index >= 15 is 0 Å². The minimum absolute atomic E-state index is 0.146. The van der Waals surface area contributed by atoms with E-state index < -0.39 is 0 Å². The molecule has 1 heterocycles. The maximum Gasteiger partial charge on any atom is 0.238 e. The van der Waals surface area contributed by atoms with Gasteiger partial charge in [0.15, 0.2) is 17.4 Å². The Morgan fingerprint density at radius 2 is 1.82 bits per heavy atom. The molecule has 0 radical (unpaired) electrons. The molecule has 0 fully saturated rings. The molecule has 142 valence electrons. The molecular weight excluding hydrogens is 392 g/mol. The molecule has 28 heavy (non-hydrogen) atoms. The fourth-order valence-corrected chi connectivity index (χ4v) is 3.29. The van der Waals surface area contributed by atoms with Crippen molar-refractivity contribution in [3.05, 3.63) is 94.8 Å². The molecule has 6 heteroatoms. The van der Waals surface area contributed by atoms with Gasteiger partial charge in [0.05, 0.1) is 6.61 Å². The van der Waals surface area contributed by atoms with Gasteiger partial charge in [0.25, 0.3) is 0 Å². The Labute approximate surface area is 174 Å². The summed E-state index contributed by atoms with van der Waals surface area (Å²) in [4.78, 5) is 0.263. The van der Waals surface area contributed by atoms with Crippen molar-refractivity contribution in [2.75, 3.05) is 5.32 Å². The van der Waals surface area contributed by atoms with Gasteiger partial charge in [-0.2, -0.15) is 4.57 Å². The van der Waals surface area contributed by atoms with Gasteiger partial charge >= 0.3 is 0 Å². The van der Waals surface area contributed by atoms with Gasteiger partial charge in [-0.05, 0) is 42.0 Å². The Bertz CT molecular complexity index is 1050. The predicted molar refractivity (Wildman–Crippen MR) is 115 cm³/mol. The highest BCUT2D eigenvalue weighted by Crippen LogP contribution is 2.24. The van der Waals surface area contributed by atoms with Crippen molar-refractivity contribution in [3.63, 3.8) is 0 Å². The maximum absolute atomic E-state index is 13.4. The van der Waals surface area contributed by atoms with E-state index in [2.05, 4.69) is 5.32 Å². The Kier molecular flexibility index (Phi) is 6.41. The third-order valence-electron chi connectivity index (χ3n) is 4.24. The molecule has 0 saturated heterocycles. The van der Waals surface area contributed by atoms with Gasteiger partial charge in [0.1, 0.15) is 0 Å². The number of aliphatic hydroxyl groups excluding tert-OH is 1. The number of benzene rings is 2. The zero-order valence-electron chi connectivity index (χ0n) is 15.2. The molecule has 3 aromatic rings. The van der Waals surface area contributed by atoms with Crippen LogP contribution in [0, 0.1) is 6.92 Å². The first-order valence-corrected chi connectivity index (χ1v) is 9.44. The van der Waals surface area contributed by atoms with Crippen LogP contribution in [0.3, 0.4) is 0 Å². The summed E-state index contributed by atoms with van der Waals surface area (Å²) in [5.74, 6) is -0.309. The van der Waals surface area contributed by atoms with Gasteiger partial charge in [-0.3, -0.25) is 0 Å². The Hall–Kier alpha value is -2.73. The van der Waals surface area contributed by atoms with Gasteiger partial charge in [-0.1, -0.05) is 60.2 Å². The average Bonchev–Trinajstić information content (AvgIpc) is 2.70. The fraction of sp³-hybridized carbons (Fsp3) is 0.0909. The van der Waals surface area contributed by atoms with Crippen molar-refractivity contribution in [2.45, 2.75) is 13.5 Å². The summed E-state index contributed by atoms with van der Waals surface area (Å²) in [7, 11) is 0. The number of para-hydroxylation sites is 1. The zero-order valence-corrected chi connectivity index (χ0v) is 16.8. The lowest BCUT2D eigenvalue weighted by Crippen LogP contribution is -2.40. The molecule has 0 aliphatic rings. The van der Waals surface area contributed by atoms with Crippen molar-refractivity contribution in [2.24, 2.45) is 0 Å².